The summed E-state index contributed by atoms with van der Waals surface area (Å²) in [5.74, 6) is 0.0419. The highest BCUT2D eigenvalue weighted by atomic mass is 32.2. The maximum absolute atomic E-state index is 13.0. The molecule has 4 rings (SSSR count). The van der Waals surface area contributed by atoms with Gasteiger partial charge in [-0.1, -0.05) is 41.6 Å². The Bertz CT molecular complexity index is 1230. The lowest BCUT2D eigenvalue weighted by molar-refractivity contribution is 0.0730. The zero-order chi connectivity index (χ0) is 22.9. The predicted molar refractivity (Wildman–Crippen MR) is 126 cm³/mol. The van der Waals surface area contributed by atoms with Crippen molar-refractivity contribution < 1.29 is 17.9 Å². The molecule has 0 N–H and O–H groups in total. The minimum absolute atomic E-state index is 0.0419. The summed E-state index contributed by atoms with van der Waals surface area (Å²) in [6, 6.07) is 12.6. The quantitative estimate of drug-likeness (QED) is 0.384. The Hall–Kier alpha value is -2.20. The molecule has 0 amide bonds. The Labute approximate surface area is 192 Å². The van der Waals surface area contributed by atoms with Gasteiger partial charge in [0.15, 0.2) is 10.9 Å². The van der Waals surface area contributed by atoms with E-state index in [2.05, 4.69) is 0 Å². The van der Waals surface area contributed by atoms with Gasteiger partial charge < -0.3 is 9.30 Å². The van der Waals surface area contributed by atoms with E-state index in [1.807, 2.05) is 49.6 Å². The summed E-state index contributed by atoms with van der Waals surface area (Å²) < 4.78 is 34.8. The lowest BCUT2D eigenvalue weighted by Gasteiger charge is -2.26. The average Bonchev–Trinajstić information content (AvgIpc) is 3.15. The molecule has 2 heterocycles. The predicted octanol–water partition coefficient (Wildman–Crippen LogP) is 3.75. The molecule has 0 saturated carbocycles. The molecule has 3 aromatic rings. The number of thioether (sulfide) groups is 1. The van der Waals surface area contributed by atoms with Crippen LogP contribution in [-0.2, 0) is 21.3 Å². The molecule has 1 fully saturated rings. The van der Waals surface area contributed by atoms with Crippen molar-refractivity contribution in [3.63, 3.8) is 0 Å². The summed E-state index contributed by atoms with van der Waals surface area (Å²) in [7, 11) is -3.60. The average molecular weight is 474 g/mol. The van der Waals surface area contributed by atoms with E-state index >= 15 is 0 Å². The molecule has 1 saturated heterocycles. The van der Waals surface area contributed by atoms with E-state index in [9.17, 15) is 13.2 Å². The Morgan fingerprint density at radius 1 is 1.16 bits per heavy atom. The number of Topliss-reactive ketones (excluding diaryl/α,β-unsaturated/α-hetero) is 1. The third kappa shape index (κ3) is 4.47. The molecule has 1 aliphatic rings. The monoisotopic (exact) mass is 473 g/mol. The van der Waals surface area contributed by atoms with Crippen molar-refractivity contribution in [3.05, 3.63) is 53.6 Å². The summed E-state index contributed by atoms with van der Waals surface area (Å²) in [5.41, 5.74) is 3.25. The minimum Gasteiger partial charge on any atom is -0.379 e. The van der Waals surface area contributed by atoms with E-state index in [1.54, 1.807) is 18.2 Å². The number of carbonyl (C=O) groups excluding carboxylic acids is 1. The number of aromatic nitrogens is 2. The standard InChI is InChI=1S/C23H27N3O4S2/c1-4-26-21-10-9-19(32(28,29)25-11-13-30-14-12-25)15-20(21)24-23(26)31-17(3)22(27)18-7-5-16(2)6-8-18/h5-10,15,17H,4,11-14H2,1-3H3. The second-order valence-corrected chi connectivity index (χ2v) is 11.0. The maximum atomic E-state index is 13.0. The van der Waals surface area contributed by atoms with Gasteiger partial charge in [0.2, 0.25) is 10.0 Å². The molecular formula is C23H27N3O4S2. The van der Waals surface area contributed by atoms with Crippen LogP contribution in [0.5, 0.6) is 0 Å². The smallest absolute Gasteiger partial charge is 0.243 e. The molecule has 9 heteroatoms. The number of ketones is 1. The first kappa shape index (κ1) is 23.0. The van der Waals surface area contributed by atoms with Crippen molar-refractivity contribution >= 4 is 38.6 Å². The van der Waals surface area contributed by atoms with Crippen LogP contribution in [0.4, 0.5) is 0 Å². The van der Waals surface area contributed by atoms with E-state index in [0.717, 1.165) is 11.1 Å². The van der Waals surface area contributed by atoms with Crippen molar-refractivity contribution in [2.24, 2.45) is 0 Å². The zero-order valence-corrected chi connectivity index (χ0v) is 20.1. The Kier molecular flexibility index (Phi) is 6.71. The van der Waals surface area contributed by atoms with Crippen molar-refractivity contribution in [2.45, 2.75) is 42.6 Å². The van der Waals surface area contributed by atoms with Crippen LogP contribution in [0, 0.1) is 6.92 Å². The molecule has 1 aromatic heterocycles. The molecule has 2 aromatic carbocycles. The summed E-state index contributed by atoms with van der Waals surface area (Å²) >= 11 is 1.39. The summed E-state index contributed by atoms with van der Waals surface area (Å²) in [5, 5.41) is 0.382. The van der Waals surface area contributed by atoms with Gasteiger partial charge in [0, 0.05) is 25.2 Å². The van der Waals surface area contributed by atoms with Crippen LogP contribution in [0.1, 0.15) is 29.8 Å². The highest BCUT2D eigenvalue weighted by Crippen LogP contribution is 2.30. The minimum atomic E-state index is -3.60. The van der Waals surface area contributed by atoms with Crippen LogP contribution in [0.25, 0.3) is 11.0 Å². The van der Waals surface area contributed by atoms with Crippen molar-refractivity contribution in [1.82, 2.24) is 13.9 Å². The maximum Gasteiger partial charge on any atom is 0.243 e. The number of hydrogen-bond acceptors (Lipinski definition) is 6. The number of rotatable bonds is 7. The van der Waals surface area contributed by atoms with Gasteiger partial charge >= 0.3 is 0 Å². The third-order valence-electron chi connectivity index (χ3n) is 5.60. The lowest BCUT2D eigenvalue weighted by atomic mass is 10.1. The van der Waals surface area contributed by atoms with Crippen LogP contribution in [0.15, 0.2) is 52.5 Å². The molecule has 32 heavy (non-hydrogen) atoms. The van der Waals surface area contributed by atoms with Crippen molar-refractivity contribution in [3.8, 4) is 0 Å². The topological polar surface area (TPSA) is 81.5 Å². The lowest BCUT2D eigenvalue weighted by Crippen LogP contribution is -2.40. The second kappa shape index (κ2) is 9.35. The van der Waals surface area contributed by atoms with Crippen LogP contribution < -0.4 is 0 Å². The van der Waals surface area contributed by atoms with Crippen molar-refractivity contribution in [2.75, 3.05) is 26.3 Å². The first-order valence-corrected chi connectivity index (χ1v) is 13.0. The first-order chi connectivity index (χ1) is 15.3. The number of aryl methyl sites for hydroxylation is 2. The van der Waals surface area contributed by atoms with Crippen molar-refractivity contribution in [1.29, 1.82) is 0 Å². The number of imidazole rings is 1. The molecule has 1 atom stereocenters. The Morgan fingerprint density at radius 3 is 2.50 bits per heavy atom. The molecule has 1 unspecified atom stereocenters. The number of carbonyl (C=O) groups is 1. The molecule has 0 radical (unpaired) electrons. The van der Waals surface area contributed by atoms with E-state index in [4.69, 9.17) is 9.72 Å². The molecule has 7 nitrogen and oxygen atoms in total. The molecule has 0 bridgehead atoms. The number of morpholine rings is 1. The SMILES string of the molecule is CCn1c(SC(C)C(=O)c2ccc(C)cc2)nc2cc(S(=O)(=O)N3CCOCC3)ccc21. The van der Waals surface area contributed by atoms with Gasteiger partial charge in [0.25, 0.3) is 0 Å². The van der Waals surface area contributed by atoms with Gasteiger partial charge in [-0.2, -0.15) is 4.31 Å². The van der Waals surface area contributed by atoms with Crippen LogP contribution in [0.3, 0.4) is 0 Å². The Balaban J connectivity index is 1.62. The van der Waals surface area contributed by atoms with Crippen LogP contribution in [0.2, 0.25) is 0 Å². The van der Waals surface area contributed by atoms with Gasteiger partial charge in [-0.15, -0.1) is 0 Å². The number of ether oxygens (including phenoxy) is 1. The van der Waals surface area contributed by atoms with E-state index in [1.165, 1.54) is 16.1 Å². The van der Waals surface area contributed by atoms with Crippen LogP contribution >= 0.6 is 11.8 Å². The number of nitrogens with zero attached hydrogens (tertiary/aromatic N) is 3. The van der Waals surface area contributed by atoms with Gasteiger partial charge in [-0.05, 0) is 39.0 Å². The molecule has 0 spiro atoms. The van der Waals surface area contributed by atoms with Gasteiger partial charge in [-0.25, -0.2) is 13.4 Å². The van der Waals surface area contributed by atoms with Crippen LogP contribution in [-0.4, -0.2) is 59.6 Å². The molecule has 0 aliphatic carbocycles. The highest BCUT2D eigenvalue weighted by Gasteiger charge is 2.27. The third-order valence-corrected chi connectivity index (χ3v) is 8.58. The van der Waals surface area contributed by atoms with Gasteiger partial charge in [0.1, 0.15) is 0 Å². The summed E-state index contributed by atoms with van der Waals surface area (Å²) in [4.78, 5) is 17.8. The van der Waals surface area contributed by atoms with Gasteiger partial charge in [0.05, 0.1) is 34.4 Å². The van der Waals surface area contributed by atoms with E-state index in [-0.39, 0.29) is 15.9 Å². The molecule has 170 valence electrons. The van der Waals surface area contributed by atoms with E-state index in [0.29, 0.717) is 49.1 Å². The molecule has 1 aliphatic heterocycles. The Morgan fingerprint density at radius 2 is 1.84 bits per heavy atom. The highest BCUT2D eigenvalue weighted by molar-refractivity contribution is 8.00. The fourth-order valence-electron chi connectivity index (χ4n) is 3.74. The zero-order valence-electron chi connectivity index (χ0n) is 18.4. The number of fused-ring (bicyclic) bond motifs is 1. The van der Waals surface area contributed by atoms with E-state index < -0.39 is 10.0 Å². The number of benzene rings is 2. The normalized spacial score (nSPS) is 16.3. The second-order valence-electron chi connectivity index (χ2n) is 7.80. The fraction of sp³-hybridized carbons (Fsp3) is 0.391. The number of hydrogen-bond donors (Lipinski definition) is 0. The number of sulfonamides is 1. The fourth-order valence-corrected chi connectivity index (χ4v) is 6.24. The summed E-state index contributed by atoms with van der Waals surface area (Å²) in [6.45, 7) is 8.05. The first-order valence-electron chi connectivity index (χ1n) is 10.7. The summed E-state index contributed by atoms with van der Waals surface area (Å²) in [6.07, 6.45) is 0. The largest absolute Gasteiger partial charge is 0.379 e. The molecular weight excluding hydrogens is 446 g/mol. The van der Waals surface area contributed by atoms with Gasteiger partial charge in [-0.3, -0.25) is 4.79 Å².